The van der Waals surface area contributed by atoms with Crippen molar-refractivity contribution < 1.29 is 40.7 Å². The summed E-state index contributed by atoms with van der Waals surface area (Å²) in [5, 5.41) is 10.2. The maximum absolute atomic E-state index is 13.5. The van der Waals surface area contributed by atoms with Gasteiger partial charge in [0.1, 0.15) is 22.9 Å². The second-order valence-electron chi connectivity index (χ2n) is 9.96. The van der Waals surface area contributed by atoms with E-state index in [4.69, 9.17) is 9.47 Å². The molecule has 1 spiro atoms. The zero-order valence-electron chi connectivity index (χ0n) is 21.7. The summed E-state index contributed by atoms with van der Waals surface area (Å²) in [5.41, 5.74) is 1.68. The molecule has 10 nitrogen and oxygen atoms in total. The second kappa shape index (κ2) is 11.2. The largest absolute Gasteiger partial charge is 0.494 e. The molecule has 0 bridgehead atoms. The highest BCUT2D eigenvalue weighted by molar-refractivity contribution is 7.91. The Balaban J connectivity index is 1.60. The molecule has 1 aliphatic heterocycles. The third-order valence-corrected chi connectivity index (χ3v) is 7.53. The highest BCUT2D eigenvalue weighted by atomic mass is 32.2. The van der Waals surface area contributed by atoms with E-state index in [1.807, 2.05) is 6.07 Å². The Kier molecular flexibility index (Phi) is 8.26. The van der Waals surface area contributed by atoms with Crippen LogP contribution in [0.4, 0.5) is 19.0 Å². The van der Waals surface area contributed by atoms with Crippen molar-refractivity contribution in [2.24, 2.45) is 0 Å². The quantitative estimate of drug-likeness (QED) is 0.419. The normalized spacial score (nSPS) is 18.8. The number of hydrogen-bond acceptors (Lipinski definition) is 7. The molecule has 2 aromatic rings. The lowest BCUT2D eigenvalue weighted by Crippen LogP contribution is -2.52. The van der Waals surface area contributed by atoms with Crippen LogP contribution in [0.5, 0.6) is 5.75 Å². The topological polar surface area (TPSA) is 129 Å². The van der Waals surface area contributed by atoms with Crippen molar-refractivity contribution in [2.75, 3.05) is 37.6 Å². The smallest absolute Gasteiger partial charge is 0.389 e. The summed E-state index contributed by atoms with van der Waals surface area (Å²) in [5.74, 6) is -1.39. The molecule has 1 atom stereocenters. The number of aryl methyl sites for hydroxylation is 1. The highest BCUT2D eigenvalue weighted by Gasteiger charge is 2.45. The van der Waals surface area contributed by atoms with E-state index in [2.05, 4.69) is 15.7 Å². The van der Waals surface area contributed by atoms with Crippen molar-refractivity contribution >= 4 is 27.5 Å². The number of carbonyl (C=O) groups excluding carboxylic acids is 2. The third kappa shape index (κ3) is 6.90. The number of nitrogens with one attached hydrogen (secondary N) is 2. The van der Waals surface area contributed by atoms with Gasteiger partial charge in [-0.1, -0.05) is 6.07 Å². The first kappa shape index (κ1) is 28.9. The Bertz CT molecular complexity index is 1360. The number of rotatable bonds is 10. The van der Waals surface area contributed by atoms with Gasteiger partial charge < -0.3 is 20.1 Å². The van der Waals surface area contributed by atoms with Gasteiger partial charge in [-0.25, -0.2) is 13.1 Å². The minimum atomic E-state index is -4.23. The van der Waals surface area contributed by atoms with Crippen LogP contribution >= 0.6 is 0 Å². The molecule has 0 saturated carbocycles. The summed E-state index contributed by atoms with van der Waals surface area (Å²) in [4.78, 5) is 25.9. The molecule has 14 heteroatoms. The van der Waals surface area contributed by atoms with Crippen molar-refractivity contribution in [3.05, 3.63) is 40.6 Å². The van der Waals surface area contributed by atoms with Crippen LogP contribution in [-0.4, -0.2) is 68.5 Å². The number of amides is 2. The van der Waals surface area contributed by atoms with Crippen molar-refractivity contribution in [3.63, 3.8) is 0 Å². The summed E-state index contributed by atoms with van der Waals surface area (Å²) in [6.45, 7) is 0.414. The number of nitrogens with zero attached hydrogens (tertiary/aromatic N) is 2. The number of halogens is 3. The van der Waals surface area contributed by atoms with Gasteiger partial charge in [-0.15, -0.1) is 0 Å². The van der Waals surface area contributed by atoms with E-state index in [0.717, 1.165) is 23.8 Å². The lowest BCUT2D eigenvalue weighted by Gasteiger charge is -2.42. The fraction of sp³-hybridized carbons (Fsp3) is 0.560. The molecular formula is C25H31F3N4O6S. The molecule has 4 rings (SSSR count). The maximum atomic E-state index is 13.5. The Labute approximate surface area is 224 Å². The molecule has 39 heavy (non-hydrogen) atoms. The minimum Gasteiger partial charge on any atom is -0.494 e. The summed E-state index contributed by atoms with van der Waals surface area (Å²) in [6, 6.07) is 5.32. The summed E-state index contributed by atoms with van der Waals surface area (Å²) in [6.07, 6.45) is -1.89. The van der Waals surface area contributed by atoms with Crippen LogP contribution in [0.2, 0.25) is 0 Å². The third-order valence-electron chi connectivity index (χ3n) is 6.75. The number of methoxy groups -OCH3 is 1. The van der Waals surface area contributed by atoms with Gasteiger partial charge in [0.2, 0.25) is 5.91 Å². The number of fused-ring (bicyclic) bond motifs is 3. The number of ether oxygens (including phenoxy) is 2. The summed E-state index contributed by atoms with van der Waals surface area (Å²) >= 11 is 0. The molecule has 2 aliphatic rings. The number of benzene rings is 1. The molecule has 0 unspecified atom stereocenters. The van der Waals surface area contributed by atoms with Crippen molar-refractivity contribution in [1.29, 1.82) is 0 Å². The molecule has 2 amide bonds. The lowest BCUT2D eigenvalue weighted by molar-refractivity contribution is -0.136. The van der Waals surface area contributed by atoms with Crippen molar-refractivity contribution in [1.82, 2.24) is 15.1 Å². The van der Waals surface area contributed by atoms with Crippen LogP contribution in [0.15, 0.2) is 18.2 Å². The van der Waals surface area contributed by atoms with Gasteiger partial charge in [0.25, 0.3) is 5.91 Å². The standard InChI is InChI=1S/C25H31F3N4O6S/c1-37-12-10-32-22(29-20(33)15-39(2,35)36)21-19(31-32)14-24(30-23(21)34)8-3-5-16-13-17(6-7-18(16)24)38-11-4-9-25(26,27)28/h6-7,13H,3-5,8-12,14-15H2,1-2H3,(H,29,33)(H,30,34)/t24-/m0/s1. The van der Waals surface area contributed by atoms with Crippen LogP contribution in [0.3, 0.4) is 0 Å². The van der Waals surface area contributed by atoms with Crippen LogP contribution in [0, 0.1) is 0 Å². The highest BCUT2D eigenvalue weighted by Crippen LogP contribution is 2.43. The molecule has 0 saturated heterocycles. The van der Waals surface area contributed by atoms with Gasteiger partial charge in [-0.2, -0.15) is 18.3 Å². The van der Waals surface area contributed by atoms with E-state index in [-0.39, 0.29) is 37.6 Å². The number of sulfone groups is 1. The van der Waals surface area contributed by atoms with Crippen molar-refractivity contribution in [3.8, 4) is 5.75 Å². The molecule has 1 aromatic heterocycles. The zero-order chi connectivity index (χ0) is 28.4. The summed E-state index contributed by atoms with van der Waals surface area (Å²) in [7, 11) is -2.09. The number of hydrogen-bond donors (Lipinski definition) is 2. The Morgan fingerprint density at radius 1 is 1.28 bits per heavy atom. The van der Waals surface area contributed by atoms with E-state index >= 15 is 0 Å². The van der Waals surface area contributed by atoms with Crippen LogP contribution in [0.1, 0.15) is 52.9 Å². The van der Waals surface area contributed by atoms with Gasteiger partial charge in [0.15, 0.2) is 9.84 Å². The van der Waals surface area contributed by atoms with Gasteiger partial charge in [0, 0.05) is 26.2 Å². The van der Waals surface area contributed by atoms with Gasteiger partial charge in [0.05, 0.1) is 31.0 Å². The van der Waals surface area contributed by atoms with Crippen LogP contribution in [0.25, 0.3) is 0 Å². The maximum Gasteiger partial charge on any atom is 0.389 e. The van der Waals surface area contributed by atoms with E-state index in [1.54, 1.807) is 12.1 Å². The summed E-state index contributed by atoms with van der Waals surface area (Å²) < 4.78 is 72.6. The average molecular weight is 573 g/mol. The Morgan fingerprint density at radius 2 is 2.05 bits per heavy atom. The first-order valence-corrected chi connectivity index (χ1v) is 14.6. The van der Waals surface area contributed by atoms with E-state index in [9.17, 15) is 31.2 Å². The molecule has 214 valence electrons. The molecule has 2 N–H and O–H groups in total. The van der Waals surface area contributed by atoms with E-state index in [0.29, 0.717) is 30.7 Å². The van der Waals surface area contributed by atoms with Gasteiger partial charge >= 0.3 is 6.18 Å². The fourth-order valence-electron chi connectivity index (χ4n) is 5.18. The molecule has 1 aromatic carbocycles. The van der Waals surface area contributed by atoms with Gasteiger partial charge in [-0.3, -0.25) is 9.59 Å². The Morgan fingerprint density at radius 3 is 2.74 bits per heavy atom. The SMILES string of the molecule is COCCn1nc2c(c1NC(=O)CS(C)(=O)=O)C(=O)N[C@@]1(CCCc3cc(OCCCC(F)(F)F)ccc31)C2. The number of alkyl halides is 3. The molecule has 2 heterocycles. The van der Waals surface area contributed by atoms with E-state index < -0.39 is 45.5 Å². The number of anilines is 1. The first-order valence-electron chi connectivity index (χ1n) is 12.5. The fourth-order valence-corrected chi connectivity index (χ4v) is 5.73. The average Bonchev–Trinajstić information content (AvgIpc) is 3.15. The van der Waals surface area contributed by atoms with Crippen LogP contribution in [-0.2, 0) is 44.3 Å². The zero-order valence-corrected chi connectivity index (χ0v) is 22.5. The van der Waals surface area contributed by atoms with Crippen molar-refractivity contribution in [2.45, 2.75) is 56.8 Å². The number of carbonyl (C=O) groups is 2. The predicted octanol–water partition coefficient (Wildman–Crippen LogP) is 2.75. The first-order chi connectivity index (χ1) is 18.3. The van der Waals surface area contributed by atoms with Crippen LogP contribution < -0.4 is 15.4 Å². The molecular weight excluding hydrogens is 541 g/mol. The molecule has 0 fully saturated rings. The second-order valence-corrected chi connectivity index (χ2v) is 12.1. The van der Waals surface area contributed by atoms with Gasteiger partial charge in [-0.05, 0) is 48.9 Å². The number of aromatic nitrogens is 2. The predicted molar refractivity (Wildman–Crippen MR) is 135 cm³/mol. The monoisotopic (exact) mass is 572 g/mol. The Hall–Kier alpha value is -3.13. The molecule has 0 radical (unpaired) electrons. The van der Waals surface area contributed by atoms with E-state index in [1.165, 1.54) is 11.8 Å². The molecule has 1 aliphatic carbocycles. The minimum absolute atomic E-state index is 0.0593. The lowest BCUT2D eigenvalue weighted by atomic mass is 9.72.